The van der Waals surface area contributed by atoms with Gasteiger partial charge >= 0.3 is 0 Å². The van der Waals surface area contributed by atoms with Crippen LogP contribution in [0.4, 0.5) is 16.5 Å². The molecular formula is C24H26N6OS. The predicted molar refractivity (Wildman–Crippen MR) is 132 cm³/mol. The van der Waals surface area contributed by atoms with Gasteiger partial charge in [0.2, 0.25) is 0 Å². The van der Waals surface area contributed by atoms with Gasteiger partial charge in [-0.2, -0.15) is 0 Å². The maximum absolute atomic E-state index is 9.00. The molecule has 8 heteroatoms. The van der Waals surface area contributed by atoms with Gasteiger partial charge in [0.15, 0.2) is 0 Å². The molecule has 164 valence electrons. The van der Waals surface area contributed by atoms with Crippen molar-refractivity contribution in [2.45, 2.75) is 25.3 Å². The summed E-state index contributed by atoms with van der Waals surface area (Å²) in [5, 5.41) is 14.1. The van der Waals surface area contributed by atoms with E-state index in [9.17, 15) is 0 Å². The second-order valence-electron chi connectivity index (χ2n) is 8.05. The lowest BCUT2D eigenvalue weighted by Gasteiger charge is -2.35. The van der Waals surface area contributed by atoms with E-state index in [2.05, 4.69) is 33.3 Å². The fourth-order valence-corrected chi connectivity index (χ4v) is 5.17. The van der Waals surface area contributed by atoms with Crippen molar-refractivity contribution in [3.8, 4) is 22.5 Å². The lowest BCUT2D eigenvalue weighted by atomic mass is 9.92. The number of nitrogen functional groups attached to an aromatic ring is 1. The lowest BCUT2D eigenvalue weighted by Crippen LogP contribution is -2.36. The summed E-state index contributed by atoms with van der Waals surface area (Å²) in [5.74, 6) is 0.721. The van der Waals surface area contributed by atoms with Gasteiger partial charge in [0.1, 0.15) is 15.6 Å². The van der Waals surface area contributed by atoms with E-state index in [0.29, 0.717) is 12.6 Å². The average molecular weight is 447 g/mol. The Morgan fingerprint density at radius 2 is 2.06 bits per heavy atom. The van der Waals surface area contributed by atoms with Gasteiger partial charge < -0.3 is 21.1 Å². The number of hydrogen-bond donors (Lipinski definition) is 3. The normalized spacial score (nSPS) is 13.8. The third-order valence-corrected chi connectivity index (χ3v) is 7.23. The number of thiophene rings is 1. The van der Waals surface area contributed by atoms with Crippen LogP contribution in [0.2, 0.25) is 0 Å². The van der Waals surface area contributed by atoms with Crippen LogP contribution in [0.3, 0.4) is 0 Å². The molecule has 1 aliphatic rings. The quantitative estimate of drug-likeness (QED) is 0.387. The minimum atomic E-state index is 0.0620. The van der Waals surface area contributed by atoms with E-state index in [4.69, 9.17) is 15.8 Å². The van der Waals surface area contributed by atoms with Crippen LogP contribution in [-0.4, -0.2) is 46.3 Å². The molecule has 4 N–H and O–H groups in total. The summed E-state index contributed by atoms with van der Waals surface area (Å²) < 4.78 is 0. The smallest absolute Gasteiger partial charge is 0.128 e. The van der Waals surface area contributed by atoms with Crippen molar-refractivity contribution in [1.82, 2.24) is 15.0 Å². The standard InChI is InChI=1S/C24H26N6OS/c1-30(16-5-4-6-16)24-22(25)21-17(18-7-2-3-10-26-18)13-19(29-23(21)32-24)15-8-9-20(28-14-15)27-11-12-31/h2-3,7-10,13-14,16,31H,4-6,11-12,25H2,1H3,(H,27,28). The van der Waals surface area contributed by atoms with E-state index in [-0.39, 0.29) is 6.61 Å². The second-order valence-corrected chi connectivity index (χ2v) is 9.03. The largest absolute Gasteiger partial charge is 0.396 e. The first-order valence-corrected chi connectivity index (χ1v) is 11.7. The van der Waals surface area contributed by atoms with Crippen molar-refractivity contribution in [3.63, 3.8) is 0 Å². The van der Waals surface area contributed by atoms with Gasteiger partial charge in [-0.25, -0.2) is 9.97 Å². The minimum Gasteiger partial charge on any atom is -0.396 e. The third kappa shape index (κ3) is 3.76. The Morgan fingerprint density at radius 1 is 1.19 bits per heavy atom. The van der Waals surface area contributed by atoms with Crippen molar-refractivity contribution < 1.29 is 5.11 Å². The maximum atomic E-state index is 9.00. The molecule has 4 aromatic heterocycles. The Bertz CT molecular complexity index is 1220. The molecule has 0 atom stereocenters. The van der Waals surface area contributed by atoms with Gasteiger partial charge in [-0.05, 0) is 49.6 Å². The average Bonchev–Trinajstić information content (AvgIpc) is 3.13. The predicted octanol–water partition coefficient (Wildman–Crippen LogP) is 4.40. The molecule has 7 nitrogen and oxygen atoms in total. The molecule has 0 spiro atoms. The van der Waals surface area contributed by atoms with Crippen LogP contribution < -0.4 is 16.0 Å². The summed E-state index contributed by atoms with van der Waals surface area (Å²) in [4.78, 5) is 17.3. The third-order valence-electron chi connectivity index (χ3n) is 6.04. The first-order chi connectivity index (χ1) is 15.7. The van der Waals surface area contributed by atoms with E-state index in [1.165, 1.54) is 19.3 Å². The molecule has 0 saturated heterocycles. The van der Waals surface area contributed by atoms with Crippen LogP contribution >= 0.6 is 11.3 Å². The van der Waals surface area contributed by atoms with Gasteiger partial charge in [0.05, 0.1) is 23.7 Å². The number of aliphatic hydroxyl groups is 1. The van der Waals surface area contributed by atoms with Crippen molar-refractivity contribution in [1.29, 1.82) is 0 Å². The highest BCUT2D eigenvalue weighted by molar-refractivity contribution is 7.23. The lowest BCUT2D eigenvalue weighted by molar-refractivity contribution is 0.311. The zero-order chi connectivity index (χ0) is 22.1. The summed E-state index contributed by atoms with van der Waals surface area (Å²) in [6, 6.07) is 12.4. The molecule has 0 aromatic carbocycles. The number of hydrogen-bond acceptors (Lipinski definition) is 8. The number of aromatic nitrogens is 3. The molecule has 32 heavy (non-hydrogen) atoms. The molecule has 0 radical (unpaired) electrons. The number of nitrogens with one attached hydrogen (secondary N) is 1. The van der Waals surface area contributed by atoms with E-state index in [1.54, 1.807) is 23.7 Å². The highest BCUT2D eigenvalue weighted by Gasteiger charge is 2.27. The van der Waals surface area contributed by atoms with Crippen molar-refractivity contribution in [3.05, 3.63) is 48.8 Å². The summed E-state index contributed by atoms with van der Waals surface area (Å²) in [6.07, 6.45) is 7.29. The monoisotopic (exact) mass is 446 g/mol. The zero-order valence-corrected chi connectivity index (χ0v) is 18.8. The molecule has 1 fully saturated rings. The van der Waals surface area contributed by atoms with E-state index < -0.39 is 0 Å². The molecule has 1 saturated carbocycles. The van der Waals surface area contributed by atoms with E-state index in [0.717, 1.165) is 49.2 Å². The van der Waals surface area contributed by atoms with Crippen LogP contribution in [0.1, 0.15) is 19.3 Å². The van der Waals surface area contributed by atoms with Gasteiger partial charge in [-0.15, -0.1) is 0 Å². The highest BCUT2D eigenvalue weighted by Crippen LogP contribution is 2.46. The van der Waals surface area contributed by atoms with E-state index >= 15 is 0 Å². The van der Waals surface area contributed by atoms with Gasteiger partial charge in [-0.1, -0.05) is 17.4 Å². The number of pyridine rings is 3. The van der Waals surface area contributed by atoms with Crippen molar-refractivity contribution >= 4 is 38.1 Å². The Labute approximate surface area is 191 Å². The Morgan fingerprint density at radius 3 is 2.72 bits per heavy atom. The Kier molecular flexibility index (Phi) is 5.63. The van der Waals surface area contributed by atoms with Crippen LogP contribution in [-0.2, 0) is 0 Å². The number of anilines is 3. The molecule has 0 aliphatic heterocycles. The first kappa shape index (κ1) is 20.7. The van der Waals surface area contributed by atoms with Crippen LogP contribution in [0.25, 0.3) is 32.7 Å². The zero-order valence-electron chi connectivity index (χ0n) is 18.0. The van der Waals surface area contributed by atoms with Crippen LogP contribution in [0.5, 0.6) is 0 Å². The highest BCUT2D eigenvalue weighted by atomic mass is 32.1. The molecule has 1 aliphatic carbocycles. The number of nitrogens with zero attached hydrogens (tertiary/aromatic N) is 4. The Balaban J connectivity index is 1.63. The number of fused-ring (bicyclic) bond motifs is 1. The van der Waals surface area contributed by atoms with Crippen LogP contribution in [0, 0.1) is 0 Å². The SMILES string of the molecule is CN(c1sc2nc(-c3ccc(NCCO)nc3)cc(-c3ccccn3)c2c1N)C1CCC1. The summed E-state index contributed by atoms with van der Waals surface area (Å²) in [7, 11) is 2.13. The molecular weight excluding hydrogens is 420 g/mol. The maximum Gasteiger partial charge on any atom is 0.128 e. The summed E-state index contributed by atoms with van der Waals surface area (Å²) in [6.45, 7) is 0.526. The molecule has 4 aromatic rings. The van der Waals surface area contributed by atoms with E-state index in [1.807, 2.05) is 30.3 Å². The Hall–Kier alpha value is -3.23. The van der Waals surface area contributed by atoms with Gasteiger partial charge in [0, 0.05) is 48.5 Å². The van der Waals surface area contributed by atoms with Crippen molar-refractivity contribution in [2.75, 3.05) is 36.1 Å². The van der Waals surface area contributed by atoms with Gasteiger partial charge in [-0.3, -0.25) is 4.98 Å². The van der Waals surface area contributed by atoms with Crippen LogP contribution in [0.15, 0.2) is 48.8 Å². The number of aliphatic hydroxyl groups excluding tert-OH is 1. The summed E-state index contributed by atoms with van der Waals surface area (Å²) >= 11 is 1.64. The number of nitrogens with two attached hydrogens (primary N) is 1. The molecule has 0 amide bonds. The second kappa shape index (κ2) is 8.72. The number of rotatable bonds is 7. The molecule has 4 heterocycles. The van der Waals surface area contributed by atoms with Crippen molar-refractivity contribution in [2.24, 2.45) is 0 Å². The first-order valence-electron chi connectivity index (χ1n) is 10.8. The fourth-order valence-electron chi connectivity index (χ4n) is 4.02. The molecule has 0 bridgehead atoms. The fraction of sp³-hybridized carbons (Fsp3) is 0.292. The minimum absolute atomic E-state index is 0.0620. The molecule has 5 rings (SSSR count). The summed E-state index contributed by atoms with van der Waals surface area (Å²) in [5.41, 5.74) is 11.1. The molecule has 0 unspecified atom stereocenters. The topological polar surface area (TPSA) is 100 Å². The van der Waals surface area contributed by atoms with Gasteiger partial charge in [0.25, 0.3) is 0 Å².